The molecular weight excluding hydrogens is 606 g/mol. The molecule has 0 bridgehead atoms. The molecule has 0 radical (unpaired) electrons. The lowest BCUT2D eigenvalue weighted by molar-refractivity contribution is 0.0946. The molecule has 150 valence electrons. The van der Waals surface area contributed by atoms with Crippen molar-refractivity contribution in [2.24, 2.45) is 10.2 Å². The van der Waals surface area contributed by atoms with Crippen molar-refractivity contribution in [3.05, 3.63) is 102 Å². The van der Waals surface area contributed by atoms with Crippen LogP contribution in [0.5, 0.6) is 0 Å². The fourth-order valence-electron chi connectivity index (χ4n) is 2.41. The van der Waals surface area contributed by atoms with Crippen molar-refractivity contribution >= 4 is 69.4 Å². The number of nitrogens with one attached hydrogen (secondary N) is 2. The summed E-state index contributed by atoms with van der Waals surface area (Å²) < 4.78 is 1.72. The van der Waals surface area contributed by atoms with E-state index in [0.29, 0.717) is 11.1 Å². The minimum absolute atomic E-state index is 0.260. The van der Waals surface area contributed by atoms with Gasteiger partial charge in [0.15, 0.2) is 0 Å². The summed E-state index contributed by atoms with van der Waals surface area (Å²) in [6.07, 6.45) is 3.13. The number of rotatable bonds is 6. The van der Waals surface area contributed by atoms with Crippen molar-refractivity contribution in [3.8, 4) is 0 Å². The van der Waals surface area contributed by atoms with Crippen molar-refractivity contribution in [2.75, 3.05) is 0 Å². The van der Waals surface area contributed by atoms with E-state index in [0.717, 1.165) is 18.3 Å². The van der Waals surface area contributed by atoms with Crippen LogP contribution in [0.3, 0.4) is 0 Å². The summed E-state index contributed by atoms with van der Waals surface area (Å²) in [4.78, 5) is 24.2. The Morgan fingerprint density at radius 2 is 1.00 bits per heavy atom. The third-order valence-corrected chi connectivity index (χ3v) is 5.81. The molecule has 0 heterocycles. The molecule has 0 aromatic heterocycles. The molecule has 0 saturated heterocycles. The lowest BCUT2D eigenvalue weighted by atomic mass is 10.2. The highest BCUT2D eigenvalue weighted by Gasteiger charge is 2.08. The molecule has 0 atom stereocenters. The number of halogens is 2. The van der Waals surface area contributed by atoms with Crippen LogP contribution in [0.2, 0.25) is 0 Å². The van der Waals surface area contributed by atoms with Gasteiger partial charge in [0.1, 0.15) is 0 Å². The third-order valence-electron chi connectivity index (χ3n) is 3.93. The first kappa shape index (κ1) is 22.1. The van der Waals surface area contributed by atoms with Gasteiger partial charge in [0.25, 0.3) is 11.8 Å². The number of carbonyl (C=O) groups excluding carboxylic acids is 2. The second kappa shape index (κ2) is 11.0. The van der Waals surface area contributed by atoms with E-state index >= 15 is 0 Å². The fraction of sp³-hybridized carbons (Fsp3) is 0. The molecule has 2 N–H and O–H groups in total. The number of carbonyl (C=O) groups is 2. The number of benzene rings is 3. The number of amides is 2. The molecule has 0 saturated carbocycles. The van der Waals surface area contributed by atoms with Gasteiger partial charge in [-0.2, -0.15) is 10.2 Å². The Balaban J connectivity index is 1.53. The summed E-state index contributed by atoms with van der Waals surface area (Å²) in [5.74, 6) is -0.521. The molecule has 0 spiro atoms. The Morgan fingerprint density at radius 3 is 1.37 bits per heavy atom. The van der Waals surface area contributed by atoms with Crippen LogP contribution in [-0.2, 0) is 0 Å². The summed E-state index contributed by atoms with van der Waals surface area (Å²) in [7, 11) is 0. The lowest BCUT2D eigenvalue weighted by Gasteiger charge is -2.02. The van der Waals surface area contributed by atoms with Gasteiger partial charge in [-0.05, 0) is 80.6 Å². The minimum Gasteiger partial charge on any atom is -0.267 e. The Bertz CT molecular complexity index is 1020. The van der Waals surface area contributed by atoms with Gasteiger partial charge >= 0.3 is 0 Å². The molecule has 2 amide bonds. The van der Waals surface area contributed by atoms with E-state index < -0.39 is 0 Å². The molecule has 0 unspecified atom stereocenters. The second-order valence-electron chi connectivity index (χ2n) is 6.02. The minimum atomic E-state index is -0.260. The average Bonchev–Trinajstić information content (AvgIpc) is 2.75. The van der Waals surface area contributed by atoms with Gasteiger partial charge in [-0.1, -0.05) is 48.5 Å². The quantitative estimate of drug-likeness (QED) is 0.243. The van der Waals surface area contributed by atoms with Crippen LogP contribution in [0.1, 0.15) is 31.8 Å². The molecule has 0 fully saturated rings. The summed E-state index contributed by atoms with van der Waals surface area (Å²) in [5, 5.41) is 7.99. The smallest absolute Gasteiger partial charge is 0.267 e. The first-order valence-electron chi connectivity index (χ1n) is 8.80. The average molecular weight is 622 g/mol. The predicted octanol–water partition coefficient (Wildman–Crippen LogP) is 4.42. The zero-order valence-electron chi connectivity index (χ0n) is 15.5. The predicted molar refractivity (Wildman–Crippen MR) is 135 cm³/mol. The van der Waals surface area contributed by atoms with Crippen LogP contribution in [-0.4, -0.2) is 24.2 Å². The zero-order valence-corrected chi connectivity index (χ0v) is 19.9. The first-order chi connectivity index (χ1) is 14.5. The summed E-state index contributed by atoms with van der Waals surface area (Å²) >= 11 is 4.22. The SMILES string of the molecule is O=C(N/N=C/c1ccc(/C=N/NC(=O)c2ccccc2I)cc1)c1ccccc1I. The van der Waals surface area contributed by atoms with Gasteiger partial charge < -0.3 is 0 Å². The maximum Gasteiger partial charge on any atom is 0.272 e. The van der Waals surface area contributed by atoms with Crippen molar-refractivity contribution in [2.45, 2.75) is 0 Å². The normalized spacial score (nSPS) is 11.0. The Kier molecular flexibility index (Phi) is 8.08. The van der Waals surface area contributed by atoms with E-state index in [-0.39, 0.29) is 11.8 Å². The van der Waals surface area contributed by atoms with E-state index in [2.05, 4.69) is 66.2 Å². The zero-order chi connectivity index (χ0) is 21.3. The van der Waals surface area contributed by atoms with Crippen molar-refractivity contribution in [1.29, 1.82) is 0 Å². The van der Waals surface area contributed by atoms with Gasteiger partial charge in [0.05, 0.1) is 23.6 Å². The number of hydrazone groups is 2. The number of hydrogen-bond donors (Lipinski definition) is 2. The highest BCUT2D eigenvalue weighted by atomic mass is 127. The van der Waals surface area contributed by atoms with E-state index in [1.807, 2.05) is 60.7 Å². The van der Waals surface area contributed by atoms with Crippen LogP contribution in [0, 0.1) is 7.14 Å². The molecule has 30 heavy (non-hydrogen) atoms. The van der Waals surface area contributed by atoms with E-state index in [9.17, 15) is 9.59 Å². The van der Waals surface area contributed by atoms with E-state index in [4.69, 9.17) is 0 Å². The van der Waals surface area contributed by atoms with Crippen molar-refractivity contribution in [3.63, 3.8) is 0 Å². The molecule has 3 aromatic carbocycles. The fourth-order valence-corrected chi connectivity index (χ4v) is 3.67. The second-order valence-corrected chi connectivity index (χ2v) is 8.35. The van der Waals surface area contributed by atoms with Crippen LogP contribution >= 0.6 is 45.2 Å². The van der Waals surface area contributed by atoms with Crippen LogP contribution in [0.25, 0.3) is 0 Å². The summed E-state index contributed by atoms with van der Waals surface area (Å²) in [6.45, 7) is 0. The van der Waals surface area contributed by atoms with Gasteiger partial charge in [0, 0.05) is 7.14 Å². The standard InChI is InChI=1S/C22H16I2N4O2/c23-19-7-3-1-5-17(19)21(29)27-25-13-15-9-11-16(12-10-15)14-26-28-22(30)18-6-2-4-8-20(18)24/h1-14H,(H,27,29)(H,28,30)/b25-13+,26-14+. The van der Waals surface area contributed by atoms with Crippen LogP contribution < -0.4 is 10.9 Å². The van der Waals surface area contributed by atoms with Gasteiger partial charge in [-0.15, -0.1) is 0 Å². The van der Waals surface area contributed by atoms with Crippen molar-refractivity contribution < 1.29 is 9.59 Å². The molecule has 3 rings (SSSR count). The summed E-state index contributed by atoms with van der Waals surface area (Å²) in [6, 6.07) is 21.9. The number of nitrogens with zero attached hydrogens (tertiary/aromatic N) is 2. The molecule has 0 aliphatic rings. The number of hydrogen-bond acceptors (Lipinski definition) is 4. The van der Waals surface area contributed by atoms with Gasteiger partial charge in [-0.3, -0.25) is 9.59 Å². The van der Waals surface area contributed by atoms with Crippen molar-refractivity contribution in [1.82, 2.24) is 10.9 Å². The van der Waals surface area contributed by atoms with E-state index in [1.54, 1.807) is 24.6 Å². The Labute approximate surface area is 201 Å². The van der Waals surface area contributed by atoms with Gasteiger partial charge in [0.2, 0.25) is 0 Å². The van der Waals surface area contributed by atoms with Crippen LogP contribution in [0.4, 0.5) is 0 Å². The Hall–Kier alpha value is -2.60. The maximum atomic E-state index is 12.1. The molecule has 6 nitrogen and oxygen atoms in total. The maximum absolute atomic E-state index is 12.1. The molecule has 0 aliphatic heterocycles. The topological polar surface area (TPSA) is 82.9 Å². The highest BCUT2D eigenvalue weighted by Crippen LogP contribution is 2.12. The summed E-state index contributed by atoms with van der Waals surface area (Å²) in [5.41, 5.74) is 7.83. The Morgan fingerprint density at radius 1 is 0.633 bits per heavy atom. The molecular formula is C22H16I2N4O2. The first-order valence-corrected chi connectivity index (χ1v) is 11.0. The molecule has 0 aliphatic carbocycles. The molecule has 3 aromatic rings. The highest BCUT2D eigenvalue weighted by molar-refractivity contribution is 14.1. The molecule has 8 heteroatoms. The lowest BCUT2D eigenvalue weighted by Crippen LogP contribution is -2.18. The largest absolute Gasteiger partial charge is 0.272 e. The van der Waals surface area contributed by atoms with Crippen LogP contribution in [0.15, 0.2) is 83.0 Å². The van der Waals surface area contributed by atoms with E-state index in [1.165, 1.54) is 0 Å². The third kappa shape index (κ3) is 6.20. The monoisotopic (exact) mass is 622 g/mol. The van der Waals surface area contributed by atoms with Gasteiger partial charge in [-0.25, -0.2) is 10.9 Å².